The van der Waals surface area contributed by atoms with Crippen molar-refractivity contribution in [2.75, 3.05) is 12.4 Å². The van der Waals surface area contributed by atoms with Gasteiger partial charge in [-0.1, -0.05) is 32.0 Å². The first kappa shape index (κ1) is 17.1. The van der Waals surface area contributed by atoms with Gasteiger partial charge in [-0.05, 0) is 49.1 Å². The zero-order valence-corrected chi connectivity index (χ0v) is 15.1. The third kappa shape index (κ3) is 3.25. The Morgan fingerprint density at radius 3 is 2.72 bits per heavy atom. The fourth-order valence-electron chi connectivity index (χ4n) is 2.98. The zero-order valence-electron chi connectivity index (χ0n) is 15.1. The molecule has 0 spiro atoms. The van der Waals surface area contributed by atoms with E-state index in [0.717, 1.165) is 34.4 Å². The molecule has 4 heteroatoms. The summed E-state index contributed by atoms with van der Waals surface area (Å²) >= 11 is 0. The molecular weight excluding hydrogens is 314 g/mol. The predicted octanol–water partition coefficient (Wildman–Crippen LogP) is 5.52. The van der Waals surface area contributed by atoms with E-state index in [1.54, 1.807) is 7.11 Å². The number of carbonyl (C=O) groups excluding carboxylic acids is 1. The molecule has 1 atom stereocenters. The van der Waals surface area contributed by atoms with E-state index in [2.05, 4.69) is 25.2 Å². The number of hydrogen-bond donors (Lipinski definition) is 1. The Kier molecular flexibility index (Phi) is 4.79. The highest BCUT2D eigenvalue weighted by molar-refractivity contribution is 6.06. The van der Waals surface area contributed by atoms with Crippen molar-refractivity contribution < 1.29 is 13.9 Å². The van der Waals surface area contributed by atoms with Crippen LogP contribution in [0.2, 0.25) is 0 Å². The Morgan fingerprint density at radius 1 is 1.24 bits per heavy atom. The van der Waals surface area contributed by atoms with E-state index in [1.807, 2.05) is 43.3 Å². The van der Waals surface area contributed by atoms with Crippen LogP contribution in [0.15, 0.2) is 46.9 Å². The van der Waals surface area contributed by atoms with Gasteiger partial charge >= 0.3 is 0 Å². The van der Waals surface area contributed by atoms with E-state index in [0.29, 0.717) is 17.3 Å². The standard InChI is InChI=1S/C21H23NO3/c1-5-13(2)16-8-6-7-9-18(16)22-21(23)20-14(3)17-12-15(24-4)10-11-19(17)25-20/h6-13H,5H2,1-4H3,(H,22,23)/t13-/m1/s1. The number of hydrogen-bond acceptors (Lipinski definition) is 3. The summed E-state index contributed by atoms with van der Waals surface area (Å²) < 4.78 is 11.0. The number of carbonyl (C=O) groups is 1. The summed E-state index contributed by atoms with van der Waals surface area (Å²) in [6.07, 6.45) is 1.01. The van der Waals surface area contributed by atoms with Crippen LogP contribution in [-0.2, 0) is 0 Å². The molecule has 1 heterocycles. The molecule has 0 aliphatic heterocycles. The summed E-state index contributed by atoms with van der Waals surface area (Å²) in [6, 6.07) is 13.4. The number of nitrogens with one attached hydrogen (secondary N) is 1. The van der Waals surface area contributed by atoms with E-state index < -0.39 is 0 Å². The lowest BCUT2D eigenvalue weighted by atomic mass is 9.97. The van der Waals surface area contributed by atoms with Gasteiger partial charge in [0.1, 0.15) is 11.3 Å². The molecule has 130 valence electrons. The number of amides is 1. The summed E-state index contributed by atoms with van der Waals surface area (Å²) in [5.41, 5.74) is 3.46. The minimum absolute atomic E-state index is 0.233. The fraction of sp³-hybridized carbons (Fsp3) is 0.286. The van der Waals surface area contributed by atoms with Crippen LogP contribution in [0.1, 0.15) is 47.9 Å². The number of anilines is 1. The predicted molar refractivity (Wildman–Crippen MR) is 101 cm³/mol. The van der Waals surface area contributed by atoms with Crippen LogP contribution >= 0.6 is 0 Å². The highest BCUT2D eigenvalue weighted by Gasteiger charge is 2.19. The normalized spacial score (nSPS) is 12.2. The van der Waals surface area contributed by atoms with Crippen molar-refractivity contribution in [3.63, 3.8) is 0 Å². The molecule has 0 fully saturated rings. The lowest BCUT2D eigenvalue weighted by Gasteiger charge is -2.15. The SMILES string of the molecule is CC[C@@H](C)c1ccccc1NC(=O)c1oc2ccc(OC)cc2c1C. The molecule has 3 aromatic rings. The number of aryl methyl sites for hydroxylation is 1. The average Bonchev–Trinajstić information content (AvgIpc) is 2.97. The Hall–Kier alpha value is -2.75. The van der Waals surface area contributed by atoms with Gasteiger partial charge in [0.25, 0.3) is 5.91 Å². The van der Waals surface area contributed by atoms with Crippen LogP contribution in [0.3, 0.4) is 0 Å². The molecular formula is C21H23NO3. The van der Waals surface area contributed by atoms with Gasteiger partial charge in [-0.25, -0.2) is 0 Å². The van der Waals surface area contributed by atoms with Crippen molar-refractivity contribution in [2.45, 2.75) is 33.1 Å². The van der Waals surface area contributed by atoms with E-state index >= 15 is 0 Å². The second-order valence-electron chi connectivity index (χ2n) is 6.27. The minimum atomic E-state index is -0.233. The topological polar surface area (TPSA) is 51.5 Å². The maximum Gasteiger partial charge on any atom is 0.291 e. The average molecular weight is 337 g/mol. The number of ether oxygens (including phenoxy) is 1. The molecule has 1 N–H and O–H groups in total. The lowest BCUT2D eigenvalue weighted by Crippen LogP contribution is -2.14. The molecule has 1 amide bonds. The molecule has 25 heavy (non-hydrogen) atoms. The van der Waals surface area contributed by atoms with Crippen LogP contribution in [0, 0.1) is 6.92 Å². The molecule has 4 nitrogen and oxygen atoms in total. The smallest absolute Gasteiger partial charge is 0.291 e. The number of furan rings is 1. The molecule has 1 aromatic heterocycles. The van der Waals surface area contributed by atoms with E-state index in [1.165, 1.54) is 0 Å². The maximum atomic E-state index is 12.8. The maximum absolute atomic E-state index is 12.8. The summed E-state index contributed by atoms with van der Waals surface area (Å²) in [6.45, 7) is 6.19. The number of benzene rings is 2. The molecule has 0 unspecified atom stereocenters. The van der Waals surface area contributed by atoms with Gasteiger partial charge in [-0.3, -0.25) is 4.79 Å². The molecule has 0 saturated heterocycles. The van der Waals surface area contributed by atoms with Crippen LogP contribution in [0.4, 0.5) is 5.69 Å². The number of para-hydroxylation sites is 1. The van der Waals surface area contributed by atoms with Gasteiger partial charge in [0.2, 0.25) is 0 Å². The highest BCUT2D eigenvalue weighted by atomic mass is 16.5. The highest BCUT2D eigenvalue weighted by Crippen LogP contribution is 2.31. The molecule has 0 bridgehead atoms. The Labute approximate surface area is 147 Å². The lowest BCUT2D eigenvalue weighted by molar-refractivity contribution is 0.0998. The quantitative estimate of drug-likeness (QED) is 0.667. The van der Waals surface area contributed by atoms with Crippen molar-refractivity contribution in [2.24, 2.45) is 0 Å². The molecule has 0 aliphatic carbocycles. The third-order valence-electron chi connectivity index (χ3n) is 4.70. The number of rotatable bonds is 5. The van der Waals surface area contributed by atoms with Crippen molar-refractivity contribution in [3.05, 3.63) is 59.4 Å². The summed E-state index contributed by atoms with van der Waals surface area (Å²) in [7, 11) is 1.62. The van der Waals surface area contributed by atoms with Gasteiger partial charge in [0.15, 0.2) is 5.76 Å². The number of fused-ring (bicyclic) bond motifs is 1. The monoisotopic (exact) mass is 337 g/mol. The first-order valence-corrected chi connectivity index (χ1v) is 8.52. The third-order valence-corrected chi connectivity index (χ3v) is 4.70. The summed E-state index contributed by atoms with van der Waals surface area (Å²) in [5, 5.41) is 3.90. The van der Waals surface area contributed by atoms with Crippen molar-refractivity contribution in [1.82, 2.24) is 0 Å². The molecule has 0 aliphatic rings. The Balaban J connectivity index is 1.95. The molecule has 3 rings (SSSR count). The van der Waals surface area contributed by atoms with Crippen LogP contribution in [0.5, 0.6) is 5.75 Å². The summed E-state index contributed by atoms with van der Waals surface area (Å²) in [5.74, 6) is 1.22. The van der Waals surface area contributed by atoms with Gasteiger partial charge < -0.3 is 14.5 Å². The molecule has 0 saturated carbocycles. The van der Waals surface area contributed by atoms with Gasteiger partial charge in [0, 0.05) is 16.6 Å². The van der Waals surface area contributed by atoms with Crippen LogP contribution in [0.25, 0.3) is 11.0 Å². The Morgan fingerprint density at radius 2 is 2.00 bits per heavy atom. The second kappa shape index (κ2) is 7.01. The number of methoxy groups -OCH3 is 1. The molecule has 0 radical (unpaired) electrons. The zero-order chi connectivity index (χ0) is 18.0. The van der Waals surface area contributed by atoms with Gasteiger partial charge in [-0.2, -0.15) is 0 Å². The first-order chi connectivity index (χ1) is 12.0. The van der Waals surface area contributed by atoms with Crippen molar-refractivity contribution >= 4 is 22.6 Å². The summed E-state index contributed by atoms with van der Waals surface area (Å²) in [4.78, 5) is 12.8. The van der Waals surface area contributed by atoms with Gasteiger partial charge in [0.05, 0.1) is 7.11 Å². The van der Waals surface area contributed by atoms with E-state index in [4.69, 9.17) is 9.15 Å². The van der Waals surface area contributed by atoms with Gasteiger partial charge in [-0.15, -0.1) is 0 Å². The largest absolute Gasteiger partial charge is 0.497 e. The first-order valence-electron chi connectivity index (χ1n) is 8.52. The van der Waals surface area contributed by atoms with Crippen LogP contribution in [-0.4, -0.2) is 13.0 Å². The molecule has 2 aromatic carbocycles. The van der Waals surface area contributed by atoms with E-state index in [9.17, 15) is 4.79 Å². The minimum Gasteiger partial charge on any atom is -0.497 e. The second-order valence-corrected chi connectivity index (χ2v) is 6.27. The Bertz CT molecular complexity index is 911. The van der Waals surface area contributed by atoms with E-state index in [-0.39, 0.29) is 5.91 Å². The van der Waals surface area contributed by atoms with Crippen LogP contribution < -0.4 is 10.1 Å². The van der Waals surface area contributed by atoms with Crippen molar-refractivity contribution in [3.8, 4) is 5.75 Å². The van der Waals surface area contributed by atoms with Crippen molar-refractivity contribution in [1.29, 1.82) is 0 Å². The fourth-order valence-corrected chi connectivity index (χ4v) is 2.98.